The number of amides is 1. The van der Waals surface area contributed by atoms with Gasteiger partial charge in [-0.2, -0.15) is 0 Å². The fraction of sp³-hybridized carbons (Fsp3) is 0.533. The van der Waals surface area contributed by atoms with Gasteiger partial charge in [0.15, 0.2) is 0 Å². The van der Waals surface area contributed by atoms with Crippen molar-refractivity contribution in [2.45, 2.75) is 31.2 Å². The third-order valence-electron chi connectivity index (χ3n) is 2.88. The molecule has 0 saturated carbocycles. The van der Waals surface area contributed by atoms with Gasteiger partial charge in [-0.05, 0) is 44.6 Å². The van der Waals surface area contributed by atoms with E-state index in [1.54, 1.807) is 0 Å². The van der Waals surface area contributed by atoms with Crippen LogP contribution in [0.4, 0.5) is 4.39 Å². The van der Waals surface area contributed by atoms with Crippen LogP contribution in [-0.2, 0) is 0 Å². The first-order chi connectivity index (χ1) is 9.29. The lowest BCUT2D eigenvalue weighted by molar-refractivity contribution is 0.0924. The fourth-order valence-electron chi connectivity index (χ4n) is 2.11. The number of hydrogen-bond donors (Lipinski definition) is 2. The number of nitrogens with zero attached hydrogens (tertiary/aromatic N) is 1. The molecule has 0 bridgehead atoms. The van der Waals surface area contributed by atoms with Crippen molar-refractivity contribution in [1.82, 2.24) is 10.2 Å². The highest BCUT2D eigenvalue weighted by Gasteiger charge is 2.16. The summed E-state index contributed by atoms with van der Waals surface area (Å²) >= 11 is 4.00. The summed E-state index contributed by atoms with van der Waals surface area (Å²) in [6.45, 7) is 5.02. The predicted octanol–water partition coefficient (Wildman–Crippen LogP) is 2.82. The van der Waals surface area contributed by atoms with Crippen molar-refractivity contribution in [2.24, 2.45) is 5.92 Å². The SMILES string of the molecule is CC(C)CC(CN(C)C)NC(=O)c1ccc(F)c(S)c1. The molecule has 1 rings (SSSR count). The molecule has 3 nitrogen and oxygen atoms in total. The molecule has 0 spiro atoms. The number of halogens is 1. The van der Waals surface area contributed by atoms with Crippen LogP contribution in [0.5, 0.6) is 0 Å². The first-order valence-electron chi connectivity index (χ1n) is 6.73. The van der Waals surface area contributed by atoms with E-state index in [1.807, 2.05) is 19.0 Å². The van der Waals surface area contributed by atoms with Gasteiger partial charge in [0.05, 0.1) is 0 Å². The molecule has 0 fully saturated rings. The molecule has 0 radical (unpaired) electrons. The Morgan fingerprint density at radius 3 is 2.55 bits per heavy atom. The van der Waals surface area contributed by atoms with Crippen LogP contribution in [0.15, 0.2) is 23.1 Å². The van der Waals surface area contributed by atoms with Gasteiger partial charge in [-0.3, -0.25) is 4.79 Å². The summed E-state index contributed by atoms with van der Waals surface area (Å²) < 4.78 is 13.2. The average Bonchev–Trinajstić information content (AvgIpc) is 2.30. The van der Waals surface area contributed by atoms with Crippen molar-refractivity contribution < 1.29 is 9.18 Å². The van der Waals surface area contributed by atoms with Crippen molar-refractivity contribution in [1.29, 1.82) is 0 Å². The molecule has 1 aromatic carbocycles. The molecule has 0 aliphatic rings. The van der Waals surface area contributed by atoms with Crippen molar-refractivity contribution in [3.8, 4) is 0 Å². The van der Waals surface area contributed by atoms with Crippen molar-refractivity contribution >= 4 is 18.5 Å². The highest BCUT2D eigenvalue weighted by Crippen LogP contribution is 2.15. The molecule has 0 aromatic heterocycles. The molecule has 0 heterocycles. The molecule has 0 aliphatic carbocycles. The molecule has 1 atom stereocenters. The van der Waals surface area contributed by atoms with E-state index < -0.39 is 5.82 Å². The summed E-state index contributed by atoms with van der Waals surface area (Å²) in [7, 11) is 3.95. The Bertz CT molecular complexity index is 453. The van der Waals surface area contributed by atoms with E-state index in [0.29, 0.717) is 11.5 Å². The van der Waals surface area contributed by atoms with Gasteiger partial charge >= 0.3 is 0 Å². The molecule has 0 aliphatic heterocycles. The van der Waals surface area contributed by atoms with Gasteiger partial charge in [0.2, 0.25) is 0 Å². The van der Waals surface area contributed by atoms with Crippen molar-refractivity contribution in [3.05, 3.63) is 29.6 Å². The van der Waals surface area contributed by atoms with E-state index in [9.17, 15) is 9.18 Å². The smallest absolute Gasteiger partial charge is 0.251 e. The average molecular weight is 298 g/mol. The molecular formula is C15H23FN2OS. The van der Waals surface area contributed by atoms with Crippen molar-refractivity contribution in [3.63, 3.8) is 0 Å². The highest BCUT2D eigenvalue weighted by atomic mass is 32.1. The highest BCUT2D eigenvalue weighted by molar-refractivity contribution is 7.80. The third kappa shape index (κ3) is 5.51. The minimum absolute atomic E-state index is 0.0749. The number of hydrogen-bond acceptors (Lipinski definition) is 3. The first kappa shape index (κ1) is 17.0. The zero-order valence-electron chi connectivity index (χ0n) is 12.5. The first-order valence-corrected chi connectivity index (χ1v) is 7.18. The van der Waals surface area contributed by atoms with Gasteiger partial charge in [0.1, 0.15) is 5.82 Å². The van der Waals surface area contributed by atoms with Crippen LogP contribution in [-0.4, -0.2) is 37.5 Å². The molecule has 1 amide bonds. The van der Waals surface area contributed by atoms with Crippen LogP contribution in [0.25, 0.3) is 0 Å². The van der Waals surface area contributed by atoms with E-state index in [-0.39, 0.29) is 16.8 Å². The van der Waals surface area contributed by atoms with Gasteiger partial charge in [-0.15, -0.1) is 12.6 Å². The zero-order valence-corrected chi connectivity index (χ0v) is 13.4. The van der Waals surface area contributed by atoms with Crippen LogP contribution in [0.3, 0.4) is 0 Å². The summed E-state index contributed by atoms with van der Waals surface area (Å²) in [6.07, 6.45) is 0.902. The van der Waals surface area contributed by atoms with E-state index in [4.69, 9.17) is 0 Å². The molecule has 1 unspecified atom stereocenters. The Morgan fingerprint density at radius 2 is 2.05 bits per heavy atom. The van der Waals surface area contributed by atoms with E-state index in [2.05, 4.69) is 31.8 Å². The van der Waals surface area contributed by atoms with Crippen LogP contribution in [0.1, 0.15) is 30.6 Å². The van der Waals surface area contributed by atoms with Crippen LogP contribution >= 0.6 is 12.6 Å². The summed E-state index contributed by atoms with van der Waals surface area (Å²) in [6, 6.07) is 4.27. The van der Waals surface area contributed by atoms with Crippen molar-refractivity contribution in [2.75, 3.05) is 20.6 Å². The largest absolute Gasteiger partial charge is 0.348 e. The van der Waals surface area contributed by atoms with E-state index in [0.717, 1.165) is 13.0 Å². The predicted molar refractivity (Wildman–Crippen MR) is 82.9 cm³/mol. The molecule has 5 heteroatoms. The number of carbonyl (C=O) groups excluding carboxylic acids is 1. The Kier molecular flexibility index (Phi) is 6.49. The maximum Gasteiger partial charge on any atom is 0.251 e. The third-order valence-corrected chi connectivity index (χ3v) is 3.23. The fourth-order valence-corrected chi connectivity index (χ4v) is 2.33. The second kappa shape index (κ2) is 7.64. The monoisotopic (exact) mass is 298 g/mol. The maximum absolute atomic E-state index is 13.2. The molecular weight excluding hydrogens is 275 g/mol. The second-order valence-electron chi connectivity index (χ2n) is 5.73. The quantitative estimate of drug-likeness (QED) is 0.792. The van der Waals surface area contributed by atoms with E-state index >= 15 is 0 Å². The van der Waals surface area contributed by atoms with E-state index in [1.165, 1.54) is 18.2 Å². The summed E-state index contributed by atoms with van der Waals surface area (Å²) in [4.78, 5) is 14.4. The minimum Gasteiger partial charge on any atom is -0.348 e. The topological polar surface area (TPSA) is 32.3 Å². The minimum atomic E-state index is -0.420. The number of benzene rings is 1. The normalized spacial score (nSPS) is 12.8. The van der Waals surface area contributed by atoms with Gasteiger partial charge in [-0.25, -0.2) is 4.39 Å². The number of thiol groups is 1. The van der Waals surface area contributed by atoms with Gasteiger partial charge in [-0.1, -0.05) is 13.8 Å². The van der Waals surface area contributed by atoms with Gasteiger partial charge in [0.25, 0.3) is 5.91 Å². The van der Waals surface area contributed by atoms with Gasteiger partial charge < -0.3 is 10.2 Å². The Balaban J connectivity index is 2.76. The summed E-state index contributed by atoms with van der Waals surface area (Å²) in [5, 5.41) is 3.01. The van der Waals surface area contributed by atoms with Crippen LogP contribution in [0.2, 0.25) is 0 Å². The number of carbonyl (C=O) groups is 1. The number of likely N-dealkylation sites (N-methyl/N-ethyl adjacent to an activating group) is 1. The molecule has 0 saturated heterocycles. The lowest BCUT2D eigenvalue weighted by Crippen LogP contribution is -2.42. The zero-order chi connectivity index (χ0) is 15.3. The maximum atomic E-state index is 13.2. The second-order valence-corrected chi connectivity index (χ2v) is 6.21. The van der Waals surface area contributed by atoms with Gasteiger partial charge in [0, 0.05) is 23.0 Å². The Hall–Kier alpha value is -1.07. The Morgan fingerprint density at radius 1 is 1.40 bits per heavy atom. The molecule has 20 heavy (non-hydrogen) atoms. The molecule has 1 aromatic rings. The molecule has 112 valence electrons. The lowest BCUT2D eigenvalue weighted by Gasteiger charge is -2.24. The summed E-state index contributed by atoms with van der Waals surface area (Å²) in [5.74, 6) is -0.112. The summed E-state index contributed by atoms with van der Waals surface area (Å²) in [5.41, 5.74) is 0.434. The standard InChI is InChI=1S/C15H23FN2OS/c1-10(2)7-12(9-18(3)4)17-15(19)11-5-6-13(16)14(20)8-11/h5-6,8,10,12,20H,7,9H2,1-4H3,(H,17,19). The molecule has 1 N–H and O–H groups in total. The Labute approximate surface area is 126 Å². The van der Waals surface area contributed by atoms with Crippen LogP contribution in [0, 0.1) is 11.7 Å². The lowest BCUT2D eigenvalue weighted by atomic mass is 10.0. The number of nitrogens with one attached hydrogen (secondary N) is 1. The number of rotatable bonds is 6. The van der Waals surface area contributed by atoms with Crippen LogP contribution < -0.4 is 5.32 Å².